The van der Waals surface area contributed by atoms with Crippen molar-refractivity contribution in [3.05, 3.63) is 57.6 Å². The summed E-state index contributed by atoms with van der Waals surface area (Å²) in [4.78, 5) is 0.401. The van der Waals surface area contributed by atoms with Crippen molar-refractivity contribution in [2.24, 2.45) is 0 Å². The van der Waals surface area contributed by atoms with Crippen LogP contribution in [-0.2, 0) is 16.4 Å². The molecule has 2 rings (SSSR count). The van der Waals surface area contributed by atoms with Gasteiger partial charge in [0, 0.05) is 5.69 Å². The van der Waals surface area contributed by atoms with E-state index in [2.05, 4.69) is 11.6 Å². The highest BCUT2D eigenvalue weighted by Crippen LogP contribution is 2.30. The molecule has 0 bridgehead atoms. The molecule has 0 saturated carbocycles. The number of hydrogen-bond acceptors (Lipinski definition) is 2. The number of nitrogens with one attached hydrogen (secondary N) is 1. The minimum Gasteiger partial charge on any atom is -0.280 e. The Morgan fingerprint density at radius 2 is 1.22 bits per heavy atom. The molecule has 2 aromatic carbocycles. The topological polar surface area (TPSA) is 46.2 Å². The standard InChI is InChI=1S/C19H25NO2S/c1-7-17-8-10-18(11-9-17)20-23(21,22)19-15(5)13(3)12(2)14(4)16(19)6/h8-11,20H,7H2,1-6H3. The number of benzene rings is 2. The van der Waals surface area contributed by atoms with Gasteiger partial charge in [-0.15, -0.1) is 0 Å². The smallest absolute Gasteiger partial charge is 0.262 e. The fourth-order valence-electron chi connectivity index (χ4n) is 2.88. The Labute approximate surface area is 139 Å². The van der Waals surface area contributed by atoms with Crippen LogP contribution >= 0.6 is 0 Å². The van der Waals surface area contributed by atoms with Gasteiger partial charge in [0.1, 0.15) is 0 Å². The molecule has 4 heteroatoms. The molecule has 124 valence electrons. The summed E-state index contributed by atoms with van der Waals surface area (Å²) in [5.74, 6) is 0. The molecule has 0 spiro atoms. The van der Waals surface area contributed by atoms with Gasteiger partial charge >= 0.3 is 0 Å². The first-order valence-electron chi connectivity index (χ1n) is 7.87. The number of rotatable bonds is 4. The summed E-state index contributed by atoms with van der Waals surface area (Å²) < 4.78 is 28.5. The van der Waals surface area contributed by atoms with Gasteiger partial charge in [0.25, 0.3) is 10.0 Å². The molecule has 0 aromatic heterocycles. The van der Waals surface area contributed by atoms with Crippen LogP contribution in [0.25, 0.3) is 0 Å². The van der Waals surface area contributed by atoms with Crippen LogP contribution in [0.4, 0.5) is 5.69 Å². The van der Waals surface area contributed by atoms with Crippen molar-refractivity contribution in [3.8, 4) is 0 Å². The molecule has 0 heterocycles. The molecule has 0 atom stereocenters. The van der Waals surface area contributed by atoms with Crippen molar-refractivity contribution >= 4 is 15.7 Å². The highest BCUT2D eigenvalue weighted by molar-refractivity contribution is 7.92. The summed E-state index contributed by atoms with van der Waals surface area (Å²) >= 11 is 0. The van der Waals surface area contributed by atoms with Gasteiger partial charge in [-0.2, -0.15) is 0 Å². The number of anilines is 1. The van der Waals surface area contributed by atoms with E-state index in [1.165, 1.54) is 5.56 Å². The molecule has 0 saturated heterocycles. The Bertz CT molecular complexity index is 806. The molecular weight excluding hydrogens is 306 g/mol. The average Bonchev–Trinajstić information content (AvgIpc) is 2.51. The fourth-order valence-corrected chi connectivity index (χ4v) is 4.54. The van der Waals surface area contributed by atoms with Gasteiger partial charge in [-0.1, -0.05) is 19.1 Å². The first-order chi connectivity index (χ1) is 10.7. The Morgan fingerprint density at radius 1 is 0.783 bits per heavy atom. The molecule has 0 radical (unpaired) electrons. The van der Waals surface area contributed by atoms with Crippen molar-refractivity contribution in [1.29, 1.82) is 0 Å². The summed E-state index contributed by atoms with van der Waals surface area (Å²) in [5, 5.41) is 0. The highest BCUT2D eigenvalue weighted by atomic mass is 32.2. The fraction of sp³-hybridized carbons (Fsp3) is 0.368. The van der Waals surface area contributed by atoms with Crippen LogP contribution in [0.15, 0.2) is 29.2 Å². The van der Waals surface area contributed by atoms with E-state index in [4.69, 9.17) is 0 Å². The first-order valence-corrected chi connectivity index (χ1v) is 9.36. The largest absolute Gasteiger partial charge is 0.280 e. The summed E-state index contributed by atoms with van der Waals surface area (Å²) in [5.41, 5.74) is 6.65. The normalized spacial score (nSPS) is 11.6. The summed E-state index contributed by atoms with van der Waals surface area (Å²) in [6.07, 6.45) is 0.932. The van der Waals surface area contributed by atoms with E-state index >= 15 is 0 Å². The van der Waals surface area contributed by atoms with Crippen molar-refractivity contribution in [2.75, 3.05) is 4.72 Å². The SMILES string of the molecule is CCc1ccc(NS(=O)(=O)c2c(C)c(C)c(C)c(C)c2C)cc1. The van der Waals surface area contributed by atoms with E-state index in [1.54, 1.807) is 0 Å². The maximum absolute atomic E-state index is 12.9. The van der Waals surface area contributed by atoms with E-state index in [0.717, 1.165) is 34.2 Å². The van der Waals surface area contributed by atoms with Gasteiger partial charge in [0.15, 0.2) is 0 Å². The lowest BCUT2D eigenvalue weighted by atomic mass is 9.95. The number of hydrogen-bond donors (Lipinski definition) is 1. The third kappa shape index (κ3) is 3.27. The Morgan fingerprint density at radius 3 is 1.65 bits per heavy atom. The third-order valence-electron chi connectivity index (χ3n) is 4.81. The van der Waals surface area contributed by atoms with E-state index < -0.39 is 10.0 Å². The molecule has 0 aliphatic carbocycles. The monoisotopic (exact) mass is 331 g/mol. The molecule has 3 nitrogen and oxygen atoms in total. The minimum atomic E-state index is -3.61. The molecule has 0 aliphatic rings. The second kappa shape index (κ2) is 6.36. The van der Waals surface area contributed by atoms with Gasteiger partial charge in [0.2, 0.25) is 0 Å². The maximum Gasteiger partial charge on any atom is 0.262 e. The molecule has 0 fully saturated rings. The van der Waals surface area contributed by atoms with Crippen molar-refractivity contribution in [3.63, 3.8) is 0 Å². The maximum atomic E-state index is 12.9. The van der Waals surface area contributed by atoms with Gasteiger partial charge < -0.3 is 0 Å². The van der Waals surface area contributed by atoms with E-state index in [9.17, 15) is 8.42 Å². The zero-order valence-corrected chi connectivity index (χ0v) is 15.6. The summed E-state index contributed by atoms with van der Waals surface area (Å²) in [7, 11) is -3.61. The lowest BCUT2D eigenvalue weighted by molar-refractivity contribution is 0.599. The third-order valence-corrected chi connectivity index (χ3v) is 6.47. The predicted octanol–water partition coefficient (Wildman–Crippen LogP) is 4.59. The van der Waals surface area contributed by atoms with Crippen LogP contribution in [0.2, 0.25) is 0 Å². The van der Waals surface area contributed by atoms with Crippen LogP contribution in [-0.4, -0.2) is 8.42 Å². The summed E-state index contributed by atoms with van der Waals surface area (Å²) in [6.45, 7) is 11.8. The van der Waals surface area contributed by atoms with Crippen LogP contribution in [0.1, 0.15) is 40.3 Å². The molecule has 1 N–H and O–H groups in total. The zero-order valence-electron chi connectivity index (χ0n) is 14.7. The van der Waals surface area contributed by atoms with Gasteiger partial charge in [-0.05, 0) is 86.6 Å². The van der Waals surface area contributed by atoms with Gasteiger partial charge in [-0.3, -0.25) is 4.72 Å². The Kier molecular flexibility index (Phi) is 4.85. The van der Waals surface area contributed by atoms with Crippen molar-refractivity contribution in [1.82, 2.24) is 0 Å². The second-order valence-electron chi connectivity index (χ2n) is 6.11. The zero-order chi connectivity index (χ0) is 17.4. The van der Waals surface area contributed by atoms with Crippen molar-refractivity contribution in [2.45, 2.75) is 52.9 Å². The molecule has 23 heavy (non-hydrogen) atoms. The van der Waals surface area contributed by atoms with E-state index in [-0.39, 0.29) is 0 Å². The molecule has 0 unspecified atom stereocenters. The number of sulfonamides is 1. The first kappa shape index (κ1) is 17.5. The Balaban J connectivity index is 2.51. The number of aryl methyl sites for hydroxylation is 1. The highest BCUT2D eigenvalue weighted by Gasteiger charge is 2.23. The van der Waals surface area contributed by atoms with Crippen molar-refractivity contribution < 1.29 is 8.42 Å². The Hall–Kier alpha value is -1.81. The van der Waals surface area contributed by atoms with E-state index in [1.807, 2.05) is 58.9 Å². The summed E-state index contributed by atoms with van der Waals surface area (Å²) in [6, 6.07) is 7.52. The van der Waals surface area contributed by atoms with E-state index in [0.29, 0.717) is 10.6 Å². The minimum absolute atomic E-state index is 0.401. The molecule has 2 aromatic rings. The van der Waals surface area contributed by atoms with Gasteiger partial charge in [-0.25, -0.2) is 8.42 Å². The van der Waals surface area contributed by atoms with Crippen LogP contribution < -0.4 is 4.72 Å². The lowest BCUT2D eigenvalue weighted by Crippen LogP contribution is -2.17. The molecule has 0 aliphatic heterocycles. The van der Waals surface area contributed by atoms with Crippen LogP contribution in [0, 0.1) is 34.6 Å². The molecule has 0 amide bonds. The quantitative estimate of drug-likeness (QED) is 0.890. The lowest BCUT2D eigenvalue weighted by Gasteiger charge is -2.19. The predicted molar refractivity (Wildman–Crippen MR) is 96.8 cm³/mol. The van der Waals surface area contributed by atoms with Crippen LogP contribution in [0.3, 0.4) is 0 Å². The molecular formula is C19H25NO2S. The van der Waals surface area contributed by atoms with Crippen LogP contribution in [0.5, 0.6) is 0 Å². The van der Waals surface area contributed by atoms with Gasteiger partial charge in [0.05, 0.1) is 4.90 Å². The second-order valence-corrected chi connectivity index (χ2v) is 7.73. The average molecular weight is 331 g/mol.